The predicted octanol–water partition coefficient (Wildman–Crippen LogP) is 9.93. The van der Waals surface area contributed by atoms with Crippen molar-refractivity contribution in [2.24, 2.45) is 0 Å². The van der Waals surface area contributed by atoms with Crippen molar-refractivity contribution in [3.8, 4) is 45.0 Å². The lowest BCUT2D eigenvalue weighted by atomic mass is 9.98. The Morgan fingerprint density at radius 1 is 0.440 bits per heavy atom. The van der Waals surface area contributed by atoms with Crippen LogP contribution < -0.4 is 10.6 Å². The lowest BCUT2D eigenvalue weighted by Crippen LogP contribution is -2.25. The molecule has 0 saturated carbocycles. The minimum absolute atomic E-state index is 0.0537. The summed E-state index contributed by atoms with van der Waals surface area (Å²) >= 11 is 0. The van der Waals surface area contributed by atoms with E-state index in [2.05, 4.69) is 115 Å². The number of nitrogens with zero attached hydrogens (tertiary/aromatic N) is 3. The van der Waals surface area contributed by atoms with E-state index in [1.54, 1.807) is 0 Å². The molecular formula is C45H29N3O2. The molecule has 0 fully saturated rings. The van der Waals surface area contributed by atoms with Gasteiger partial charge in [-0.05, 0) is 59.0 Å². The second-order valence-corrected chi connectivity index (χ2v) is 12.8. The summed E-state index contributed by atoms with van der Waals surface area (Å²) in [6.07, 6.45) is 5.18. The number of para-hydroxylation sites is 2. The molecule has 1 unspecified atom stereocenters. The molecule has 0 amide bonds. The molecule has 3 heterocycles. The van der Waals surface area contributed by atoms with E-state index in [0.717, 1.165) is 83.6 Å². The molecule has 1 aliphatic rings. The summed E-state index contributed by atoms with van der Waals surface area (Å²) in [6, 6.07) is 50.0. The highest BCUT2D eigenvalue weighted by Gasteiger charge is 2.20. The fraction of sp³-hybridized carbons (Fsp3) is 0.0444. The average molecular weight is 644 g/mol. The predicted molar refractivity (Wildman–Crippen MR) is 201 cm³/mol. The van der Waals surface area contributed by atoms with Gasteiger partial charge in [0.25, 0.3) is 0 Å². The summed E-state index contributed by atoms with van der Waals surface area (Å²) in [6.45, 7) is 0. The van der Waals surface area contributed by atoms with Crippen LogP contribution in [0.3, 0.4) is 0 Å². The Labute approximate surface area is 287 Å². The minimum atomic E-state index is -0.0537. The zero-order valence-electron chi connectivity index (χ0n) is 27.0. The van der Waals surface area contributed by atoms with E-state index in [-0.39, 0.29) is 5.92 Å². The van der Waals surface area contributed by atoms with Crippen LogP contribution in [0, 0.1) is 0 Å². The largest absolute Gasteiger partial charge is 0.456 e. The minimum Gasteiger partial charge on any atom is -0.456 e. The maximum absolute atomic E-state index is 6.26. The maximum atomic E-state index is 6.26. The summed E-state index contributed by atoms with van der Waals surface area (Å²) in [5.41, 5.74) is 9.90. The summed E-state index contributed by atoms with van der Waals surface area (Å²) in [4.78, 5) is 15.2. The first-order chi connectivity index (χ1) is 24.7. The average Bonchev–Trinajstić information content (AvgIpc) is 3.76. The van der Waals surface area contributed by atoms with Gasteiger partial charge in [0.1, 0.15) is 28.0 Å². The molecule has 5 heteroatoms. The van der Waals surface area contributed by atoms with E-state index < -0.39 is 0 Å². The molecule has 6 aromatic carbocycles. The summed E-state index contributed by atoms with van der Waals surface area (Å²) in [5.74, 6) is 1.95. The fourth-order valence-corrected chi connectivity index (χ4v) is 7.07. The summed E-state index contributed by atoms with van der Waals surface area (Å²) in [5, 5.41) is 4.52. The number of hydrogen-bond acceptors (Lipinski definition) is 5. The molecule has 10 rings (SSSR count). The van der Waals surface area contributed by atoms with Crippen LogP contribution >= 0.6 is 0 Å². The molecule has 5 nitrogen and oxygen atoms in total. The van der Waals surface area contributed by atoms with Gasteiger partial charge in [-0.1, -0.05) is 127 Å². The summed E-state index contributed by atoms with van der Waals surface area (Å²) < 4.78 is 12.4. The molecule has 0 bridgehead atoms. The van der Waals surface area contributed by atoms with Crippen LogP contribution in [-0.4, -0.2) is 15.0 Å². The zero-order chi connectivity index (χ0) is 33.0. The first-order valence-corrected chi connectivity index (χ1v) is 16.9. The SMILES string of the molecule is C1=c2oc3ccccc3c2=CCC1c1nc(-c2ccc(-c3ccccc3)cc2)nc(-c2ccc(-c3ccc4c(c3)oc3ccccc34)cc2)n1. The van der Waals surface area contributed by atoms with E-state index >= 15 is 0 Å². The van der Waals surface area contributed by atoms with E-state index in [0.29, 0.717) is 11.6 Å². The van der Waals surface area contributed by atoms with Crippen LogP contribution in [0.1, 0.15) is 18.2 Å². The highest BCUT2D eigenvalue weighted by Crippen LogP contribution is 2.33. The summed E-state index contributed by atoms with van der Waals surface area (Å²) in [7, 11) is 0. The van der Waals surface area contributed by atoms with E-state index in [1.807, 2.05) is 42.5 Å². The molecule has 9 aromatic rings. The highest BCUT2D eigenvalue weighted by atomic mass is 16.3. The van der Waals surface area contributed by atoms with Crippen LogP contribution in [0.2, 0.25) is 0 Å². The van der Waals surface area contributed by atoms with E-state index in [1.165, 1.54) is 5.56 Å². The van der Waals surface area contributed by atoms with Gasteiger partial charge in [-0.25, -0.2) is 15.0 Å². The monoisotopic (exact) mass is 643 g/mol. The number of fused-ring (bicyclic) bond motifs is 6. The van der Waals surface area contributed by atoms with Gasteiger partial charge in [0, 0.05) is 38.4 Å². The Bertz CT molecular complexity index is 2830. The molecule has 50 heavy (non-hydrogen) atoms. The molecule has 1 atom stereocenters. The molecule has 0 radical (unpaired) electrons. The number of aromatic nitrogens is 3. The quantitative estimate of drug-likeness (QED) is 0.187. The van der Waals surface area contributed by atoms with Gasteiger partial charge in [-0.2, -0.15) is 0 Å². The second kappa shape index (κ2) is 11.5. The van der Waals surface area contributed by atoms with Gasteiger partial charge < -0.3 is 8.83 Å². The lowest BCUT2D eigenvalue weighted by Gasteiger charge is -2.14. The van der Waals surface area contributed by atoms with Crippen molar-refractivity contribution in [2.45, 2.75) is 12.3 Å². The van der Waals surface area contributed by atoms with Crippen molar-refractivity contribution >= 4 is 45.1 Å². The molecule has 1 aliphatic carbocycles. The Kier molecular flexibility index (Phi) is 6.56. The first kappa shape index (κ1) is 28.4. The van der Waals surface area contributed by atoms with E-state index in [4.69, 9.17) is 23.8 Å². The number of rotatable bonds is 5. The maximum Gasteiger partial charge on any atom is 0.163 e. The number of benzene rings is 6. The Morgan fingerprint density at radius 3 is 1.70 bits per heavy atom. The van der Waals surface area contributed by atoms with Crippen LogP contribution in [-0.2, 0) is 0 Å². The van der Waals surface area contributed by atoms with Crippen molar-refractivity contribution in [1.82, 2.24) is 15.0 Å². The normalized spacial score (nSPS) is 14.0. The Morgan fingerprint density at radius 2 is 0.980 bits per heavy atom. The van der Waals surface area contributed by atoms with Gasteiger partial charge in [-0.3, -0.25) is 0 Å². The van der Waals surface area contributed by atoms with Gasteiger partial charge in [0.2, 0.25) is 0 Å². The zero-order valence-corrected chi connectivity index (χ0v) is 27.0. The van der Waals surface area contributed by atoms with Crippen LogP contribution in [0.4, 0.5) is 0 Å². The smallest absolute Gasteiger partial charge is 0.163 e. The molecule has 0 aliphatic heterocycles. The van der Waals surface area contributed by atoms with Crippen molar-refractivity contribution in [3.05, 3.63) is 162 Å². The van der Waals surface area contributed by atoms with E-state index in [9.17, 15) is 0 Å². The molecule has 3 aromatic heterocycles. The lowest BCUT2D eigenvalue weighted by molar-refractivity contribution is 0.568. The van der Waals surface area contributed by atoms with Gasteiger partial charge >= 0.3 is 0 Å². The van der Waals surface area contributed by atoms with Crippen LogP contribution in [0.5, 0.6) is 0 Å². The Balaban J connectivity index is 1.05. The third-order valence-corrected chi connectivity index (χ3v) is 9.68. The number of hydrogen-bond donors (Lipinski definition) is 0. The van der Waals surface area contributed by atoms with Gasteiger partial charge in [0.15, 0.2) is 11.6 Å². The third-order valence-electron chi connectivity index (χ3n) is 9.68. The topological polar surface area (TPSA) is 65.0 Å². The first-order valence-electron chi connectivity index (χ1n) is 16.9. The van der Waals surface area contributed by atoms with Crippen molar-refractivity contribution in [2.75, 3.05) is 0 Å². The van der Waals surface area contributed by atoms with Crippen molar-refractivity contribution in [1.29, 1.82) is 0 Å². The molecule has 0 N–H and O–H groups in total. The molecule has 236 valence electrons. The van der Waals surface area contributed by atoms with Crippen molar-refractivity contribution in [3.63, 3.8) is 0 Å². The van der Waals surface area contributed by atoms with Crippen molar-refractivity contribution < 1.29 is 8.83 Å². The van der Waals surface area contributed by atoms with Gasteiger partial charge in [-0.15, -0.1) is 0 Å². The highest BCUT2D eigenvalue weighted by molar-refractivity contribution is 6.05. The second-order valence-electron chi connectivity index (χ2n) is 12.8. The molecule has 0 saturated heterocycles. The number of furan rings is 2. The Hall–Kier alpha value is -6.59. The molecular weight excluding hydrogens is 615 g/mol. The van der Waals surface area contributed by atoms with Crippen LogP contribution in [0.25, 0.3) is 90.1 Å². The fourth-order valence-electron chi connectivity index (χ4n) is 7.07. The van der Waals surface area contributed by atoms with Crippen LogP contribution in [0.15, 0.2) is 154 Å². The third kappa shape index (κ3) is 4.91. The van der Waals surface area contributed by atoms with Gasteiger partial charge in [0.05, 0.1) is 0 Å². The standard InChI is InChI=1S/C45H29N3O2/c1-2-8-28(9-3-1)29-14-18-31(19-15-29)43-46-44(48-45(47-43)34-23-25-38-36-11-5-7-13-40(36)50-42(38)27-34)32-20-16-30(17-21-32)33-22-24-37-35-10-4-6-12-39(35)49-41(37)26-33/h1-22,24-27,34H,23H2. The molecule has 0 spiro atoms.